The van der Waals surface area contributed by atoms with Crippen molar-refractivity contribution in [2.24, 2.45) is 11.7 Å². The first kappa shape index (κ1) is 13.0. The molecule has 0 radical (unpaired) electrons. The van der Waals surface area contributed by atoms with Gasteiger partial charge >= 0.3 is 5.97 Å². The quantitative estimate of drug-likeness (QED) is 0.624. The average molecular weight is 270 g/mol. The van der Waals surface area contributed by atoms with Crippen molar-refractivity contribution in [3.05, 3.63) is 22.2 Å². The smallest absolute Gasteiger partial charge is 0.353 e. The van der Waals surface area contributed by atoms with Crippen LogP contribution in [-0.2, 0) is 9.59 Å². The predicted molar refractivity (Wildman–Crippen MR) is 66.0 cm³/mol. The lowest BCUT2D eigenvalue weighted by atomic mass is 9.83. The summed E-state index contributed by atoms with van der Waals surface area (Å²) in [7, 11) is 0. The maximum Gasteiger partial charge on any atom is 0.353 e. The number of fused-ring (bicyclic) bond motifs is 1. The number of carboxylic acids is 1. The van der Waals surface area contributed by atoms with Gasteiger partial charge in [-0.15, -0.1) is 0 Å². The van der Waals surface area contributed by atoms with Gasteiger partial charge in [0.2, 0.25) is 5.91 Å². The van der Waals surface area contributed by atoms with Gasteiger partial charge in [-0.1, -0.05) is 11.8 Å². The number of carbonyl (C=O) groups is 2. The summed E-state index contributed by atoms with van der Waals surface area (Å²) in [4.78, 5) is 24.9. The molecule has 2 aliphatic heterocycles. The van der Waals surface area contributed by atoms with E-state index >= 15 is 0 Å². The van der Waals surface area contributed by atoms with Crippen LogP contribution in [0.4, 0.5) is 0 Å². The fourth-order valence-electron chi connectivity index (χ4n) is 2.46. The third-order valence-electron chi connectivity index (χ3n) is 3.18. The van der Waals surface area contributed by atoms with Crippen LogP contribution in [0.15, 0.2) is 22.2 Å². The van der Waals surface area contributed by atoms with Gasteiger partial charge in [0, 0.05) is 17.5 Å². The van der Waals surface area contributed by atoms with Crippen LogP contribution < -0.4 is 5.73 Å². The van der Waals surface area contributed by atoms with Crippen LogP contribution in [0.1, 0.15) is 13.3 Å². The normalized spacial score (nSPS) is 28.6. The summed E-state index contributed by atoms with van der Waals surface area (Å²) in [5, 5.41) is 20.3. The summed E-state index contributed by atoms with van der Waals surface area (Å²) in [5.41, 5.74) is 5.24. The molecule has 1 fully saturated rings. The molecule has 2 rings (SSSR count). The Morgan fingerprint density at radius 2 is 2.33 bits per heavy atom. The van der Waals surface area contributed by atoms with Crippen molar-refractivity contribution < 1.29 is 19.8 Å². The minimum atomic E-state index is -1.12. The standard InChI is InChI=1S/C11H14N2O4S/c1-5(14)8-6-4-7(18-3-2-12)9(11(16)17)13(6)10(8)15/h2-3,5-6,8,14H,4,12H2,1H3,(H,16,17). The molecule has 4 N–H and O–H groups in total. The topological polar surface area (TPSA) is 104 Å². The van der Waals surface area contributed by atoms with E-state index < -0.39 is 18.0 Å². The van der Waals surface area contributed by atoms with Crippen molar-refractivity contribution in [3.8, 4) is 0 Å². The number of nitrogens with zero attached hydrogens (tertiary/aromatic N) is 1. The zero-order valence-corrected chi connectivity index (χ0v) is 10.6. The van der Waals surface area contributed by atoms with Gasteiger partial charge in [-0.05, 0) is 12.3 Å². The molecule has 0 spiro atoms. The summed E-state index contributed by atoms with van der Waals surface area (Å²) in [6, 6.07) is -0.239. The highest BCUT2D eigenvalue weighted by atomic mass is 32.2. The molecule has 1 amide bonds. The van der Waals surface area contributed by atoms with Crippen LogP contribution in [0.2, 0.25) is 0 Å². The molecule has 0 aromatic carbocycles. The van der Waals surface area contributed by atoms with E-state index in [2.05, 4.69) is 0 Å². The zero-order chi connectivity index (χ0) is 13.4. The SMILES string of the molecule is CC(O)C1C(=O)N2C(C(=O)O)=C(SC=CN)CC12. The zero-order valence-electron chi connectivity index (χ0n) is 9.74. The van der Waals surface area contributed by atoms with Crippen LogP contribution in [0.3, 0.4) is 0 Å². The summed E-state index contributed by atoms with van der Waals surface area (Å²) >= 11 is 1.20. The van der Waals surface area contributed by atoms with E-state index in [-0.39, 0.29) is 17.6 Å². The van der Waals surface area contributed by atoms with Crippen molar-refractivity contribution in [2.45, 2.75) is 25.5 Å². The van der Waals surface area contributed by atoms with E-state index in [1.54, 1.807) is 12.3 Å². The van der Waals surface area contributed by atoms with Crippen LogP contribution in [-0.4, -0.2) is 39.1 Å². The van der Waals surface area contributed by atoms with E-state index in [1.165, 1.54) is 22.9 Å². The van der Waals surface area contributed by atoms with Gasteiger partial charge in [0.15, 0.2) is 0 Å². The van der Waals surface area contributed by atoms with Gasteiger partial charge in [-0.2, -0.15) is 0 Å². The molecule has 0 saturated carbocycles. The number of hydrogen-bond donors (Lipinski definition) is 3. The maximum atomic E-state index is 11.8. The largest absolute Gasteiger partial charge is 0.477 e. The molecule has 18 heavy (non-hydrogen) atoms. The molecular formula is C11H14N2O4S. The van der Waals surface area contributed by atoms with Crippen molar-refractivity contribution in [2.75, 3.05) is 0 Å². The molecule has 2 aliphatic rings. The van der Waals surface area contributed by atoms with Crippen molar-refractivity contribution in [1.29, 1.82) is 0 Å². The van der Waals surface area contributed by atoms with E-state index in [9.17, 15) is 14.7 Å². The maximum absolute atomic E-state index is 11.8. The number of thioether (sulfide) groups is 1. The Labute approximate surface area is 108 Å². The molecule has 0 aromatic rings. The van der Waals surface area contributed by atoms with Crippen LogP contribution in [0.25, 0.3) is 0 Å². The first-order valence-electron chi connectivity index (χ1n) is 5.50. The molecular weight excluding hydrogens is 256 g/mol. The molecule has 3 atom stereocenters. The highest BCUT2D eigenvalue weighted by Gasteiger charge is 2.56. The van der Waals surface area contributed by atoms with Crippen LogP contribution in [0.5, 0.6) is 0 Å². The minimum absolute atomic E-state index is 0.0185. The Hall–Kier alpha value is -1.47. The number of aliphatic hydroxyl groups excluding tert-OH is 1. The summed E-state index contributed by atoms with van der Waals surface area (Å²) < 4.78 is 0. The Kier molecular flexibility index (Phi) is 3.36. The number of nitrogens with two attached hydrogens (primary N) is 1. The Bertz CT molecular complexity index is 458. The molecule has 0 bridgehead atoms. The van der Waals surface area contributed by atoms with Gasteiger partial charge in [0.1, 0.15) is 5.70 Å². The van der Waals surface area contributed by atoms with E-state index in [4.69, 9.17) is 10.8 Å². The molecule has 98 valence electrons. The highest BCUT2D eigenvalue weighted by molar-refractivity contribution is 8.05. The number of amides is 1. The monoisotopic (exact) mass is 270 g/mol. The summed E-state index contributed by atoms with van der Waals surface area (Å²) in [6.07, 6.45) is 1.02. The molecule has 0 aromatic heterocycles. The summed E-state index contributed by atoms with van der Waals surface area (Å²) in [6.45, 7) is 1.55. The van der Waals surface area contributed by atoms with Crippen LogP contribution >= 0.6 is 11.8 Å². The third kappa shape index (κ3) is 1.79. The molecule has 3 unspecified atom stereocenters. The molecule has 0 aliphatic carbocycles. The van der Waals surface area contributed by atoms with Crippen LogP contribution in [0, 0.1) is 5.92 Å². The Morgan fingerprint density at radius 1 is 1.67 bits per heavy atom. The molecule has 2 heterocycles. The minimum Gasteiger partial charge on any atom is -0.477 e. The van der Waals surface area contributed by atoms with Gasteiger partial charge in [-0.25, -0.2) is 4.79 Å². The Balaban J connectivity index is 2.26. The van der Waals surface area contributed by atoms with Gasteiger partial charge < -0.3 is 20.8 Å². The number of β-lactam (4-membered cyclic amide) rings is 1. The molecule has 7 heteroatoms. The average Bonchev–Trinajstić information content (AvgIpc) is 2.60. The van der Waals surface area contributed by atoms with Crippen molar-refractivity contribution >= 4 is 23.6 Å². The number of carboxylic acid groups (broad SMARTS) is 1. The van der Waals surface area contributed by atoms with Gasteiger partial charge in [0.25, 0.3) is 0 Å². The van der Waals surface area contributed by atoms with Crippen molar-refractivity contribution in [3.63, 3.8) is 0 Å². The number of aliphatic hydroxyl groups is 1. The number of rotatable bonds is 4. The van der Waals surface area contributed by atoms with E-state index in [0.29, 0.717) is 11.3 Å². The lowest BCUT2D eigenvalue weighted by Gasteiger charge is -2.44. The first-order chi connectivity index (χ1) is 8.49. The lowest BCUT2D eigenvalue weighted by molar-refractivity contribution is -0.161. The third-order valence-corrected chi connectivity index (χ3v) is 4.12. The lowest BCUT2D eigenvalue weighted by Crippen LogP contribution is -2.61. The molecule has 1 saturated heterocycles. The number of hydrogen-bond acceptors (Lipinski definition) is 5. The second kappa shape index (κ2) is 4.66. The summed E-state index contributed by atoms with van der Waals surface area (Å²) in [5.74, 6) is -1.94. The first-order valence-corrected chi connectivity index (χ1v) is 6.38. The fraction of sp³-hybridized carbons (Fsp3) is 0.455. The fourth-order valence-corrected chi connectivity index (χ4v) is 3.26. The van der Waals surface area contributed by atoms with E-state index in [1.807, 2.05) is 0 Å². The molecule has 6 nitrogen and oxygen atoms in total. The van der Waals surface area contributed by atoms with Gasteiger partial charge in [-0.3, -0.25) is 4.79 Å². The van der Waals surface area contributed by atoms with Gasteiger partial charge in [0.05, 0.1) is 18.1 Å². The number of aliphatic carboxylic acids is 1. The van der Waals surface area contributed by atoms with Crippen molar-refractivity contribution in [1.82, 2.24) is 4.90 Å². The predicted octanol–water partition coefficient (Wildman–Crippen LogP) is 0.0572. The second-order valence-corrected chi connectivity index (χ2v) is 5.27. The highest BCUT2D eigenvalue weighted by Crippen LogP contribution is 2.47. The van der Waals surface area contributed by atoms with E-state index in [0.717, 1.165) is 0 Å². The second-order valence-electron chi connectivity index (χ2n) is 4.27. The number of carbonyl (C=O) groups excluding carboxylic acids is 1. The Morgan fingerprint density at radius 3 is 2.83 bits per heavy atom.